The molecule has 0 saturated heterocycles. The summed E-state index contributed by atoms with van der Waals surface area (Å²) in [6.45, 7) is 1.12. The van der Waals surface area contributed by atoms with E-state index in [1.807, 2.05) is 0 Å². The fourth-order valence-electron chi connectivity index (χ4n) is 2.88. The number of nitrogens with zero attached hydrogens (tertiary/aromatic N) is 2. The van der Waals surface area contributed by atoms with Crippen LogP contribution in [0.5, 0.6) is 0 Å². The molecule has 2 aromatic heterocycles. The van der Waals surface area contributed by atoms with Crippen molar-refractivity contribution in [2.24, 2.45) is 0 Å². The highest BCUT2D eigenvalue weighted by molar-refractivity contribution is 7.19. The van der Waals surface area contributed by atoms with E-state index in [0.29, 0.717) is 5.28 Å². The van der Waals surface area contributed by atoms with Crippen LogP contribution in [0.25, 0.3) is 10.2 Å². The lowest BCUT2D eigenvalue weighted by Gasteiger charge is -2.12. The molecule has 0 unspecified atom stereocenters. The molecule has 0 atom stereocenters. The highest BCUT2D eigenvalue weighted by Crippen LogP contribution is 2.39. The molecule has 21 heavy (non-hydrogen) atoms. The van der Waals surface area contributed by atoms with Crippen molar-refractivity contribution in [3.8, 4) is 0 Å². The predicted molar refractivity (Wildman–Crippen MR) is 88.5 cm³/mol. The highest BCUT2D eigenvalue weighted by Gasteiger charge is 2.20. The number of anilines is 1. The Balaban J connectivity index is 1.84. The van der Waals surface area contributed by atoms with E-state index < -0.39 is 0 Å². The van der Waals surface area contributed by atoms with E-state index in [1.165, 1.54) is 28.7 Å². The van der Waals surface area contributed by atoms with Crippen LogP contribution in [-0.4, -0.2) is 28.2 Å². The third-order valence-electron chi connectivity index (χ3n) is 3.91. The van der Waals surface area contributed by atoms with Crippen LogP contribution in [-0.2, 0) is 12.8 Å². The zero-order valence-corrected chi connectivity index (χ0v) is 13.6. The van der Waals surface area contributed by atoms with Gasteiger partial charge in [0.2, 0.25) is 5.28 Å². The Bertz CT molecular complexity index is 629. The smallest absolute Gasteiger partial charge is 0.225 e. The van der Waals surface area contributed by atoms with Crippen molar-refractivity contribution in [2.75, 3.05) is 18.5 Å². The largest absolute Gasteiger partial charge is 0.396 e. The van der Waals surface area contributed by atoms with E-state index in [1.54, 1.807) is 11.3 Å². The summed E-state index contributed by atoms with van der Waals surface area (Å²) in [6.07, 6.45) is 7.70. The SMILES string of the molecule is OCCCCCNc1nc(Cl)nc2sc3c(c12)CCCC3. The molecule has 0 bridgehead atoms. The van der Waals surface area contributed by atoms with Gasteiger partial charge in [-0.05, 0) is 62.1 Å². The molecule has 3 rings (SSSR count). The van der Waals surface area contributed by atoms with E-state index in [0.717, 1.165) is 49.3 Å². The maximum Gasteiger partial charge on any atom is 0.225 e. The lowest BCUT2D eigenvalue weighted by molar-refractivity contribution is 0.283. The number of aliphatic hydroxyl groups excluding tert-OH is 1. The van der Waals surface area contributed by atoms with Crippen LogP contribution in [0.4, 0.5) is 5.82 Å². The summed E-state index contributed by atoms with van der Waals surface area (Å²) in [5.41, 5.74) is 1.43. The average molecular weight is 326 g/mol. The molecule has 0 spiro atoms. The third kappa shape index (κ3) is 3.30. The number of rotatable bonds is 6. The zero-order chi connectivity index (χ0) is 14.7. The summed E-state index contributed by atoms with van der Waals surface area (Å²) in [5.74, 6) is 0.883. The van der Waals surface area contributed by atoms with Crippen LogP contribution in [0.2, 0.25) is 5.28 Å². The number of aryl methyl sites for hydroxylation is 2. The highest BCUT2D eigenvalue weighted by atomic mass is 35.5. The van der Waals surface area contributed by atoms with Crippen molar-refractivity contribution in [1.82, 2.24) is 9.97 Å². The van der Waals surface area contributed by atoms with Crippen molar-refractivity contribution in [2.45, 2.75) is 44.9 Å². The summed E-state index contributed by atoms with van der Waals surface area (Å²) in [5, 5.41) is 13.7. The fourth-order valence-corrected chi connectivity index (χ4v) is 4.36. The lowest BCUT2D eigenvalue weighted by atomic mass is 9.97. The molecule has 1 aliphatic carbocycles. The molecule has 0 amide bonds. The first-order chi connectivity index (χ1) is 10.3. The fraction of sp³-hybridized carbons (Fsp3) is 0.600. The van der Waals surface area contributed by atoms with Gasteiger partial charge in [-0.1, -0.05) is 0 Å². The second-order valence-electron chi connectivity index (χ2n) is 5.44. The first-order valence-electron chi connectivity index (χ1n) is 7.62. The molecule has 2 N–H and O–H groups in total. The molecule has 6 heteroatoms. The third-order valence-corrected chi connectivity index (χ3v) is 5.27. The topological polar surface area (TPSA) is 58.0 Å². The molecule has 2 heterocycles. The van der Waals surface area contributed by atoms with Crippen molar-refractivity contribution in [3.63, 3.8) is 0 Å². The van der Waals surface area contributed by atoms with Gasteiger partial charge < -0.3 is 10.4 Å². The molecular formula is C15H20ClN3OS. The minimum atomic E-state index is 0.265. The van der Waals surface area contributed by atoms with Crippen LogP contribution in [0, 0.1) is 0 Å². The lowest BCUT2D eigenvalue weighted by Crippen LogP contribution is -2.06. The summed E-state index contributed by atoms with van der Waals surface area (Å²) in [4.78, 5) is 11.3. The molecule has 0 aromatic carbocycles. The molecule has 2 aromatic rings. The van der Waals surface area contributed by atoms with Gasteiger partial charge >= 0.3 is 0 Å². The van der Waals surface area contributed by atoms with Crippen molar-refractivity contribution in [1.29, 1.82) is 0 Å². The van der Waals surface area contributed by atoms with Crippen LogP contribution < -0.4 is 5.32 Å². The molecule has 0 fully saturated rings. The molecule has 1 aliphatic rings. The van der Waals surface area contributed by atoms with Crippen molar-refractivity contribution >= 4 is 39.0 Å². The van der Waals surface area contributed by atoms with E-state index in [2.05, 4.69) is 15.3 Å². The van der Waals surface area contributed by atoms with Crippen LogP contribution in [0.15, 0.2) is 0 Å². The number of aromatic nitrogens is 2. The van der Waals surface area contributed by atoms with Gasteiger partial charge in [0.15, 0.2) is 0 Å². The summed E-state index contributed by atoms with van der Waals surface area (Å²) in [6, 6.07) is 0. The maximum atomic E-state index is 8.81. The number of nitrogens with one attached hydrogen (secondary N) is 1. The molecule has 4 nitrogen and oxygen atoms in total. The Labute approximate surface area is 133 Å². The molecular weight excluding hydrogens is 306 g/mol. The van der Waals surface area contributed by atoms with E-state index in [-0.39, 0.29) is 6.61 Å². The van der Waals surface area contributed by atoms with Gasteiger partial charge in [0.25, 0.3) is 0 Å². The van der Waals surface area contributed by atoms with E-state index in [4.69, 9.17) is 16.7 Å². The molecule has 0 saturated carbocycles. The van der Waals surface area contributed by atoms with Crippen molar-refractivity contribution in [3.05, 3.63) is 15.7 Å². The summed E-state index contributed by atoms with van der Waals surface area (Å²) >= 11 is 7.83. The Hall–Kier alpha value is -0.910. The number of halogens is 1. The Morgan fingerprint density at radius 1 is 1.14 bits per heavy atom. The minimum Gasteiger partial charge on any atom is -0.396 e. The molecule has 0 radical (unpaired) electrons. The standard InChI is InChI=1S/C15H20ClN3OS/c16-15-18-13(17-8-4-1-5-9-20)12-10-6-2-3-7-11(10)21-14(12)19-15/h20H,1-9H2,(H,17,18,19). The van der Waals surface area contributed by atoms with Gasteiger partial charge in [0.1, 0.15) is 10.6 Å². The van der Waals surface area contributed by atoms with Gasteiger partial charge in [-0.15, -0.1) is 11.3 Å². The van der Waals surface area contributed by atoms with Crippen LogP contribution in [0.1, 0.15) is 42.5 Å². The van der Waals surface area contributed by atoms with Gasteiger partial charge in [0.05, 0.1) is 5.39 Å². The van der Waals surface area contributed by atoms with Gasteiger partial charge in [-0.25, -0.2) is 9.97 Å². The van der Waals surface area contributed by atoms with Crippen LogP contribution >= 0.6 is 22.9 Å². The van der Waals surface area contributed by atoms with E-state index >= 15 is 0 Å². The second kappa shape index (κ2) is 6.90. The van der Waals surface area contributed by atoms with Gasteiger partial charge in [-0.2, -0.15) is 0 Å². The first-order valence-corrected chi connectivity index (χ1v) is 8.81. The van der Waals surface area contributed by atoms with Gasteiger partial charge in [-0.3, -0.25) is 0 Å². The number of fused-ring (bicyclic) bond motifs is 3. The first kappa shape index (κ1) is 15.0. The van der Waals surface area contributed by atoms with Crippen molar-refractivity contribution < 1.29 is 5.11 Å². The average Bonchev–Trinajstić information content (AvgIpc) is 2.84. The number of hydrogen-bond donors (Lipinski definition) is 2. The van der Waals surface area contributed by atoms with E-state index in [9.17, 15) is 0 Å². The number of hydrogen-bond acceptors (Lipinski definition) is 5. The predicted octanol–water partition coefficient (Wildman–Crippen LogP) is 3.80. The quantitative estimate of drug-likeness (QED) is 0.626. The normalized spacial score (nSPS) is 14.4. The monoisotopic (exact) mass is 325 g/mol. The Kier molecular flexibility index (Phi) is 4.93. The number of thiophene rings is 1. The molecule has 114 valence electrons. The summed E-state index contributed by atoms with van der Waals surface area (Å²) in [7, 11) is 0. The minimum absolute atomic E-state index is 0.265. The maximum absolute atomic E-state index is 8.81. The molecule has 0 aliphatic heterocycles. The summed E-state index contributed by atoms with van der Waals surface area (Å²) < 4.78 is 0. The van der Waals surface area contributed by atoms with Crippen LogP contribution in [0.3, 0.4) is 0 Å². The Morgan fingerprint density at radius 3 is 2.86 bits per heavy atom. The number of aliphatic hydroxyl groups is 1. The number of unbranched alkanes of at least 4 members (excludes halogenated alkanes) is 2. The second-order valence-corrected chi connectivity index (χ2v) is 6.87. The van der Waals surface area contributed by atoms with Gasteiger partial charge in [0, 0.05) is 18.0 Å². The Morgan fingerprint density at radius 2 is 2.00 bits per heavy atom. The zero-order valence-electron chi connectivity index (χ0n) is 12.0.